The standard InChI is InChI=1S/C23H28N2O4/c1-18-3-8-21(9-4-18)29-17-23(27)25-15-13-24(14-16-25)22(26)12-7-19-5-10-20(28-2)11-6-19/h3-6,8-11H,7,12-17H2,1-2H3. The molecule has 0 radical (unpaired) electrons. The Balaban J connectivity index is 1.38. The Morgan fingerprint density at radius 3 is 1.97 bits per heavy atom. The van der Waals surface area contributed by atoms with Crippen molar-refractivity contribution in [3.8, 4) is 11.5 Å². The van der Waals surface area contributed by atoms with Crippen LogP contribution in [-0.4, -0.2) is 61.5 Å². The summed E-state index contributed by atoms with van der Waals surface area (Å²) in [4.78, 5) is 28.5. The topological polar surface area (TPSA) is 59.1 Å². The number of amides is 2. The maximum atomic E-state index is 12.5. The van der Waals surface area contributed by atoms with Crippen LogP contribution in [0.25, 0.3) is 0 Å². The van der Waals surface area contributed by atoms with E-state index in [4.69, 9.17) is 9.47 Å². The lowest BCUT2D eigenvalue weighted by Crippen LogP contribution is -2.51. The first-order valence-corrected chi connectivity index (χ1v) is 9.93. The summed E-state index contributed by atoms with van der Waals surface area (Å²) >= 11 is 0. The molecule has 1 fully saturated rings. The SMILES string of the molecule is COc1ccc(CCC(=O)N2CCN(C(=O)COc3ccc(C)cc3)CC2)cc1. The van der Waals surface area contributed by atoms with Gasteiger partial charge in [-0.05, 0) is 43.2 Å². The van der Waals surface area contributed by atoms with Crippen molar-refractivity contribution in [3.05, 3.63) is 59.7 Å². The van der Waals surface area contributed by atoms with Crippen LogP contribution in [0.2, 0.25) is 0 Å². The molecule has 154 valence electrons. The fourth-order valence-electron chi connectivity index (χ4n) is 3.28. The van der Waals surface area contributed by atoms with Crippen LogP contribution in [0, 0.1) is 6.92 Å². The molecule has 1 aliphatic rings. The van der Waals surface area contributed by atoms with Gasteiger partial charge in [0.05, 0.1) is 7.11 Å². The van der Waals surface area contributed by atoms with E-state index in [0.29, 0.717) is 44.8 Å². The van der Waals surface area contributed by atoms with Crippen molar-refractivity contribution < 1.29 is 19.1 Å². The van der Waals surface area contributed by atoms with Gasteiger partial charge in [0, 0.05) is 32.6 Å². The Kier molecular flexibility index (Phi) is 7.11. The Labute approximate surface area is 172 Å². The Morgan fingerprint density at radius 2 is 1.38 bits per heavy atom. The van der Waals surface area contributed by atoms with E-state index in [1.54, 1.807) is 12.0 Å². The quantitative estimate of drug-likeness (QED) is 0.722. The van der Waals surface area contributed by atoms with E-state index < -0.39 is 0 Å². The fraction of sp³-hybridized carbons (Fsp3) is 0.391. The third-order valence-electron chi connectivity index (χ3n) is 5.15. The summed E-state index contributed by atoms with van der Waals surface area (Å²) in [5, 5.41) is 0. The summed E-state index contributed by atoms with van der Waals surface area (Å²) in [6.45, 7) is 4.26. The third-order valence-corrected chi connectivity index (χ3v) is 5.15. The number of hydrogen-bond acceptors (Lipinski definition) is 4. The van der Waals surface area contributed by atoms with Crippen molar-refractivity contribution in [2.45, 2.75) is 19.8 Å². The zero-order valence-electron chi connectivity index (χ0n) is 17.1. The van der Waals surface area contributed by atoms with Crippen LogP contribution >= 0.6 is 0 Å². The van der Waals surface area contributed by atoms with Crippen LogP contribution in [0.5, 0.6) is 11.5 Å². The maximum absolute atomic E-state index is 12.5. The second-order valence-corrected chi connectivity index (χ2v) is 7.21. The number of piperazine rings is 1. The number of aryl methyl sites for hydroxylation is 2. The molecule has 1 heterocycles. The zero-order valence-corrected chi connectivity index (χ0v) is 17.1. The molecular weight excluding hydrogens is 368 g/mol. The molecule has 3 rings (SSSR count). The molecule has 0 N–H and O–H groups in total. The molecule has 0 unspecified atom stereocenters. The van der Waals surface area contributed by atoms with Crippen LogP contribution in [0.4, 0.5) is 0 Å². The summed E-state index contributed by atoms with van der Waals surface area (Å²) in [6.07, 6.45) is 1.17. The molecule has 0 saturated carbocycles. The zero-order chi connectivity index (χ0) is 20.6. The molecule has 0 aromatic heterocycles. The first-order valence-electron chi connectivity index (χ1n) is 9.93. The van der Waals surface area contributed by atoms with E-state index >= 15 is 0 Å². The molecule has 0 atom stereocenters. The van der Waals surface area contributed by atoms with E-state index in [2.05, 4.69) is 0 Å². The number of carbonyl (C=O) groups is 2. The van der Waals surface area contributed by atoms with Crippen LogP contribution < -0.4 is 9.47 Å². The van der Waals surface area contributed by atoms with Crippen LogP contribution in [0.3, 0.4) is 0 Å². The molecule has 6 heteroatoms. The fourth-order valence-corrected chi connectivity index (χ4v) is 3.28. The van der Waals surface area contributed by atoms with Gasteiger partial charge in [-0.25, -0.2) is 0 Å². The number of ether oxygens (including phenoxy) is 2. The van der Waals surface area contributed by atoms with Gasteiger partial charge < -0.3 is 19.3 Å². The molecule has 1 saturated heterocycles. The summed E-state index contributed by atoms with van der Waals surface area (Å²) in [5.74, 6) is 1.59. The maximum Gasteiger partial charge on any atom is 0.260 e. The first kappa shape index (κ1) is 20.7. The van der Waals surface area contributed by atoms with Gasteiger partial charge in [-0.15, -0.1) is 0 Å². The number of hydrogen-bond donors (Lipinski definition) is 0. The molecule has 29 heavy (non-hydrogen) atoms. The molecule has 0 spiro atoms. The Hall–Kier alpha value is -3.02. The van der Waals surface area contributed by atoms with Gasteiger partial charge in [-0.1, -0.05) is 29.8 Å². The molecule has 6 nitrogen and oxygen atoms in total. The average Bonchev–Trinajstić information content (AvgIpc) is 2.77. The number of methoxy groups -OCH3 is 1. The van der Waals surface area contributed by atoms with Crippen molar-refractivity contribution in [1.82, 2.24) is 9.80 Å². The number of rotatable bonds is 7. The summed E-state index contributed by atoms with van der Waals surface area (Å²) < 4.78 is 10.7. The molecule has 0 aliphatic carbocycles. The van der Waals surface area contributed by atoms with E-state index in [1.807, 2.05) is 60.4 Å². The van der Waals surface area contributed by atoms with E-state index in [1.165, 1.54) is 0 Å². The molecule has 2 amide bonds. The van der Waals surface area contributed by atoms with Crippen LogP contribution in [-0.2, 0) is 16.0 Å². The highest BCUT2D eigenvalue weighted by Crippen LogP contribution is 2.14. The average molecular weight is 396 g/mol. The van der Waals surface area contributed by atoms with Gasteiger partial charge in [0.15, 0.2) is 6.61 Å². The second kappa shape index (κ2) is 9.96. The van der Waals surface area contributed by atoms with Crippen molar-refractivity contribution in [3.63, 3.8) is 0 Å². The number of nitrogens with zero attached hydrogens (tertiary/aromatic N) is 2. The number of benzene rings is 2. The van der Waals surface area contributed by atoms with Crippen molar-refractivity contribution >= 4 is 11.8 Å². The lowest BCUT2D eigenvalue weighted by molar-refractivity contribution is -0.140. The highest BCUT2D eigenvalue weighted by Gasteiger charge is 2.24. The minimum absolute atomic E-state index is 0.0223. The van der Waals surface area contributed by atoms with E-state index in [9.17, 15) is 9.59 Å². The van der Waals surface area contributed by atoms with Gasteiger partial charge in [0.1, 0.15) is 11.5 Å². The smallest absolute Gasteiger partial charge is 0.260 e. The summed E-state index contributed by atoms with van der Waals surface area (Å²) in [7, 11) is 1.64. The lowest BCUT2D eigenvalue weighted by atomic mass is 10.1. The molecular formula is C23H28N2O4. The summed E-state index contributed by atoms with van der Waals surface area (Å²) in [6, 6.07) is 15.4. The highest BCUT2D eigenvalue weighted by molar-refractivity contribution is 5.79. The Morgan fingerprint density at radius 1 is 0.828 bits per heavy atom. The Bertz CT molecular complexity index is 810. The van der Waals surface area contributed by atoms with Gasteiger partial charge in [0.2, 0.25) is 5.91 Å². The first-order chi connectivity index (χ1) is 14.0. The van der Waals surface area contributed by atoms with Crippen molar-refractivity contribution in [2.75, 3.05) is 39.9 Å². The van der Waals surface area contributed by atoms with Gasteiger partial charge >= 0.3 is 0 Å². The molecule has 1 aliphatic heterocycles. The largest absolute Gasteiger partial charge is 0.497 e. The normalized spacial score (nSPS) is 13.9. The molecule has 0 bridgehead atoms. The van der Waals surface area contributed by atoms with E-state index in [-0.39, 0.29) is 18.4 Å². The van der Waals surface area contributed by atoms with Crippen molar-refractivity contribution in [2.24, 2.45) is 0 Å². The predicted molar refractivity (Wildman–Crippen MR) is 111 cm³/mol. The van der Waals surface area contributed by atoms with Crippen LogP contribution in [0.15, 0.2) is 48.5 Å². The minimum Gasteiger partial charge on any atom is -0.497 e. The molecule has 2 aromatic carbocycles. The van der Waals surface area contributed by atoms with Crippen molar-refractivity contribution in [1.29, 1.82) is 0 Å². The summed E-state index contributed by atoms with van der Waals surface area (Å²) in [5.41, 5.74) is 2.26. The lowest BCUT2D eigenvalue weighted by Gasteiger charge is -2.34. The highest BCUT2D eigenvalue weighted by atomic mass is 16.5. The predicted octanol–water partition coefficient (Wildman–Crippen LogP) is 2.69. The third kappa shape index (κ3) is 5.98. The number of carbonyl (C=O) groups excluding carboxylic acids is 2. The van der Waals surface area contributed by atoms with Gasteiger partial charge in [0.25, 0.3) is 5.91 Å². The minimum atomic E-state index is -0.0455. The van der Waals surface area contributed by atoms with E-state index in [0.717, 1.165) is 16.9 Å². The molecule has 2 aromatic rings. The van der Waals surface area contributed by atoms with Gasteiger partial charge in [-0.3, -0.25) is 9.59 Å². The van der Waals surface area contributed by atoms with Crippen LogP contribution in [0.1, 0.15) is 17.5 Å². The van der Waals surface area contributed by atoms with Gasteiger partial charge in [-0.2, -0.15) is 0 Å². The monoisotopic (exact) mass is 396 g/mol. The second-order valence-electron chi connectivity index (χ2n) is 7.21.